The number of halogens is 2. The van der Waals surface area contributed by atoms with Crippen LogP contribution in [0, 0.1) is 0 Å². The summed E-state index contributed by atoms with van der Waals surface area (Å²) in [5, 5.41) is 27.1. The lowest BCUT2D eigenvalue weighted by molar-refractivity contribution is -0.129. The van der Waals surface area contributed by atoms with Crippen LogP contribution in [0.5, 0.6) is 23.0 Å². The van der Waals surface area contributed by atoms with Crippen LogP contribution in [0.15, 0.2) is 43.4 Å². The van der Waals surface area contributed by atoms with Crippen LogP contribution in [0.4, 0.5) is 0 Å². The molecule has 0 saturated heterocycles. The molecular weight excluding hydrogens is 540 g/mol. The van der Waals surface area contributed by atoms with E-state index in [0.29, 0.717) is 20.1 Å². The molecule has 4 N–H and O–H groups in total. The molecule has 0 atom stereocenters. The van der Waals surface area contributed by atoms with E-state index < -0.39 is 18.2 Å². The van der Waals surface area contributed by atoms with Crippen LogP contribution >= 0.6 is 31.9 Å². The zero-order chi connectivity index (χ0) is 23.0. The number of benzene rings is 2. The van der Waals surface area contributed by atoms with Crippen LogP contribution < -0.4 is 20.3 Å². The molecule has 0 unspecified atom stereocenters. The largest absolute Gasteiger partial charge is 0.503 e. The van der Waals surface area contributed by atoms with Gasteiger partial charge in [-0.1, -0.05) is 0 Å². The highest BCUT2D eigenvalue weighted by molar-refractivity contribution is 9.10. The topological polar surface area (TPSA) is 142 Å². The Hall–Kier alpha value is -3.12. The lowest BCUT2D eigenvalue weighted by Crippen LogP contribution is -2.27. The van der Waals surface area contributed by atoms with Crippen molar-refractivity contribution in [1.82, 2.24) is 10.9 Å². The Morgan fingerprint density at radius 2 is 1.26 bits per heavy atom. The number of nitrogens with zero attached hydrogens (tertiary/aromatic N) is 2. The average molecular weight is 558 g/mol. The van der Waals surface area contributed by atoms with Crippen LogP contribution in [0.2, 0.25) is 0 Å². The number of amides is 2. The molecule has 0 radical (unpaired) electrons. The van der Waals surface area contributed by atoms with Crippen molar-refractivity contribution in [2.75, 3.05) is 14.2 Å². The van der Waals surface area contributed by atoms with Gasteiger partial charge in [-0.2, -0.15) is 10.2 Å². The fourth-order valence-corrected chi connectivity index (χ4v) is 3.15. The molecule has 10 nitrogen and oxygen atoms in total. The van der Waals surface area contributed by atoms with E-state index >= 15 is 0 Å². The number of phenols is 2. The van der Waals surface area contributed by atoms with Crippen molar-refractivity contribution >= 4 is 56.1 Å². The smallest absolute Gasteiger partial charge is 0.249 e. The fraction of sp³-hybridized carbons (Fsp3) is 0.158. The molecule has 0 aliphatic heterocycles. The number of rotatable bonds is 8. The molecule has 0 fully saturated rings. The second-order valence-electron chi connectivity index (χ2n) is 5.87. The quantitative estimate of drug-likeness (QED) is 0.223. The van der Waals surface area contributed by atoms with Gasteiger partial charge < -0.3 is 19.7 Å². The summed E-state index contributed by atoms with van der Waals surface area (Å²) in [6.07, 6.45) is 2.16. The summed E-state index contributed by atoms with van der Waals surface area (Å²) in [6, 6.07) is 6.19. The monoisotopic (exact) mass is 556 g/mol. The minimum atomic E-state index is -0.650. The van der Waals surface area contributed by atoms with E-state index in [2.05, 4.69) is 52.9 Å². The minimum Gasteiger partial charge on any atom is -0.503 e. The van der Waals surface area contributed by atoms with Crippen LogP contribution in [0.1, 0.15) is 17.5 Å². The normalized spacial score (nSPS) is 11.0. The van der Waals surface area contributed by atoms with Gasteiger partial charge in [-0.3, -0.25) is 9.59 Å². The van der Waals surface area contributed by atoms with Crippen LogP contribution in [0.25, 0.3) is 0 Å². The van der Waals surface area contributed by atoms with E-state index in [9.17, 15) is 19.8 Å². The van der Waals surface area contributed by atoms with Crippen molar-refractivity contribution in [2.24, 2.45) is 10.2 Å². The predicted molar refractivity (Wildman–Crippen MR) is 121 cm³/mol. The third-order valence-corrected chi connectivity index (χ3v) is 4.88. The van der Waals surface area contributed by atoms with Gasteiger partial charge in [0, 0.05) is 0 Å². The maximum Gasteiger partial charge on any atom is 0.249 e. The van der Waals surface area contributed by atoms with Gasteiger partial charge >= 0.3 is 0 Å². The van der Waals surface area contributed by atoms with E-state index in [-0.39, 0.29) is 23.0 Å². The molecule has 0 heterocycles. The summed E-state index contributed by atoms with van der Waals surface area (Å²) >= 11 is 6.36. The van der Waals surface area contributed by atoms with Gasteiger partial charge in [0.1, 0.15) is 6.42 Å². The number of methoxy groups -OCH3 is 2. The van der Waals surface area contributed by atoms with Gasteiger partial charge in [0.15, 0.2) is 23.0 Å². The maximum atomic E-state index is 11.8. The number of nitrogens with one attached hydrogen (secondary N) is 2. The molecular formula is C19H18Br2N4O6. The Balaban J connectivity index is 1.87. The molecule has 0 aliphatic carbocycles. The Morgan fingerprint density at radius 3 is 1.61 bits per heavy atom. The predicted octanol–water partition coefficient (Wildman–Crippen LogP) is 2.63. The van der Waals surface area contributed by atoms with Gasteiger partial charge in [-0.05, 0) is 67.3 Å². The lowest BCUT2D eigenvalue weighted by Gasteiger charge is -2.06. The van der Waals surface area contributed by atoms with Crippen molar-refractivity contribution < 1.29 is 29.3 Å². The van der Waals surface area contributed by atoms with E-state index in [4.69, 9.17) is 9.47 Å². The molecule has 2 rings (SSSR count). The van der Waals surface area contributed by atoms with Gasteiger partial charge in [-0.15, -0.1) is 0 Å². The average Bonchev–Trinajstić information content (AvgIpc) is 2.72. The molecule has 0 saturated carbocycles. The molecule has 0 bridgehead atoms. The molecule has 0 aliphatic rings. The number of ether oxygens (including phenoxy) is 2. The van der Waals surface area contributed by atoms with E-state index in [1.165, 1.54) is 38.8 Å². The van der Waals surface area contributed by atoms with Crippen molar-refractivity contribution in [3.05, 3.63) is 44.3 Å². The zero-order valence-electron chi connectivity index (χ0n) is 16.3. The highest BCUT2D eigenvalue weighted by atomic mass is 79.9. The highest BCUT2D eigenvalue weighted by Crippen LogP contribution is 2.35. The highest BCUT2D eigenvalue weighted by Gasteiger charge is 2.10. The second-order valence-corrected chi connectivity index (χ2v) is 7.58. The third kappa shape index (κ3) is 6.96. The molecule has 12 heteroatoms. The number of carbonyl (C=O) groups excluding carboxylic acids is 2. The lowest BCUT2D eigenvalue weighted by atomic mass is 10.2. The molecule has 2 aromatic carbocycles. The van der Waals surface area contributed by atoms with Gasteiger partial charge in [0.25, 0.3) is 0 Å². The molecule has 31 heavy (non-hydrogen) atoms. The Kier molecular flexibility index (Phi) is 8.82. The van der Waals surface area contributed by atoms with Gasteiger partial charge in [0.05, 0.1) is 35.6 Å². The minimum absolute atomic E-state index is 0.0565. The van der Waals surface area contributed by atoms with Crippen molar-refractivity contribution in [2.45, 2.75) is 6.42 Å². The number of aromatic hydroxyl groups is 2. The summed E-state index contributed by atoms with van der Waals surface area (Å²) < 4.78 is 10.8. The van der Waals surface area contributed by atoms with E-state index in [0.717, 1.165) is 0 Å². The Labute approximate surface area is 194 Å². The molecule has 0 spiro atoms. The third-order valence-electron chi connectivity index (χ3n) is 3.67. The standard InChI is InChI=1S/C19H18Br2N4O6/c1-30-14-5-10(3-12(20)18(14)28)8-22-24-16(26)7-17(27)25-23-9-11-4-13(21)19(29)15(6-11)31-2/h3-6,8-9,28-29H,7H2,1-2H3,(H,24,26)(H,25,27). The van der Waals surface area contributed by atoms with Crippen LogP contribution in [0.3, 0.4) is 0 Å². The maximum absolute atomic E-state index is 11.8. The number of hydrogen-bond acceptors (Lipinski definition) is 8. The molecule has 2 aromatic rings. The molecule has 2 amide bonds. The summed E-state index contributed by atoms with van der Waals surface area (Å²) in [6.45, 7) is 0. The Morgan fingerprint density at radius 1 is 0.871 bits per heavy atom. The first-order chi connectivity index (χ1) is 14.7. The van der Waals surface area contributed by atoms with Crippen molar-refractivity contribution in [3.63, 3.8) is 0 Å². The number of hydrogen-bond donors (Lipinski definition) is 4. The van der Waals surface area contributed by atoms with Crippen molar-refractivity contribution in [1.29, 1.82) is 0 Å². The SMILES string of the molecule is COc1cc(C=NNC(=O)CC(=O)NN=Cc2cc(Br)c(O)c(OC)c2)cc(Br)c1O. The number of phenolic OH excluding ortho intramolecular Hbond substituents is 2. The summed E-state index contributed by atoms with van der Waals surface area (Å²) in [5.74, 6) is -0.945. The molecule has 0 aromatic heterocycles. The number of carbonyl (C=O) groups is 2. The first-order valence-corrected chi connectivity index (χ1v) is 10.1. The number of hydrazone groups is 2. The second kappa shape index (κ2) is 11.3. The van der Waals surface area contributed by atoms with Gasteiger partial charge in [0.2, 0.25) is 11.8 Å². The summed E-state index contributed by atoms with van der Waals surface area (Å²) in [4.78, 5) is 23.6. The van der Waals surface area contributed by atoms with Crippen LogP contribution in [-0.4, -0.2) is 48.7 Å². The summed E-state index contributed by atoms with van der Waals surface area (Å²) in [5.41, 5.74) is 5.53. The van der Waals surface area contributed by atoms with Crippen molar-refractivity contribution in [3.8, 4) is 23.0 Å². The van der Waals surface area contributed by atoms with Crippen LogP contribution in [-0.2, 0) is 9.59 Å². The van der Waals surface area contributed by atoms with Gasteiger partial charge in [-0.25, -0.2) is 10.9 Å². The summed E-state index contributed by atoms with van der Waals surface area (Å²) in [7, 11) is 2.81. The van der Waals surface area contributed by atoms with E-state index in [1.54, 1.807) is 12.1 Å². The molecule has 164 valence electrons. The Bertz CT molecular complexity index is 961. The first-order valence-electron chi connectivity index (χ1n) is 8.52. The fourth-order valence-electron chi connectivity index (χ4n) is 2.23. The zero-order valence-corrected chi connectivity index (χ0v) is 19.5. The van der Waals surface area contributed by atoms with E-state index in [1.807, 2.05) is 0 Å². The first kappa shape index (κ1) is 24.2.